The largest absolute Gasteiger partial charge is 0.309 e. The van der Waals surface area contributed by atoms with Crippen molar-refractivity contribution in [1.82, 2.24) is 24.1 Å². The predicted octanol–water partition coefficient (Wildman–Crippen LogP) is 15.7. The summed E-state index contributed by atoms with van der Waals surface area (Å²) in [6.45, 7) is 0. The first kappa shape index (κ1) is 36.5. The Hall–Kier alpha value is -8.93. The molecule has 11 aromatic carbocycles. The maximum Gasteiger partial charge on any atom is 0.238 e. The SMILES string of the molecule is c1ccc2cc(-c3nc(-c4ccc5ccccc5c4)nc(-n4c5ccccc5c5cc(-c6ccc7c(c6)c6ccccc6n7-c6ccc7ccc8ccccc8c7c6)ccc54)n3)ccc2c1. The summed E-state index contributed by atoms with van der Waals surface area (Å²) in [5.41, 5.74) is 9.76. The molecule has 0 radical (unpaired) electrons. The standard InChI is InChI=1S/C61H37N5/c1-3-14-42-33-46(25-21-38(42)11-1)59-62-60(47-26-22-39-12-2-4-15-43(39)34-47)64-61(63-59)66-56-20-10-8-18-51(56)54-36-45(29-32-58(54)66)44-28-31-57-53(35-44)50-17-7-9-19-55(50)65(57)48-30-27-41-24-23-40-13-5-6-16-49(40)52(41)37-48/h1-37H. The number of para-hydroxylation sites is 2. The van der Waals surface area contributed by atoms with E-state index in [0.29, 0.717) is 17.6 Å². The Morgan fingerprint density at radius 1 is 0.242 bits per heavy atom. The number of hydrogen-bond donors (Lipinski definition) is 0. The van der Waals surface area contributed by atoms with Crippen molar-refractivity contribution in [2.75, 3.05) is 0 Å². The van der Waals surface area contributed by atoms with Crippen molar-refractivity contribution in [2.45, 2.75) is 0 Å². The van der Waals surface area contributed by atoms with Gasteiger partial charge in [0.15, 0.2) is 11.6 Å². The van der Waals surface area contributed by atoms with Crippen LogP contribution < -0.4 is 0 Å². The van der Waals surface area contributed by atoms with E-state index < -0.39 is 0 Å². The molecule has 0 amide bonds. The Labute approximate surface area is 379 Å². The summed E-state index contributed by atoms with van der Waals surface area (Å²) in [6.07, 6.45) is 0. The van der Waals surface area contributed by atoms with Crippen LogP contribution in [0.15, 0.2) is 224 Å². The molecule has 0 N–H and O–H groups in total. The summed E-state index contributed by atoms with van der Waals surface area (Å²) in [5, 5.41) is 14.3. The van der Waals surface area contributed by atoms with Crippen LogP contribution in [-0.2, 0) is 0 Å². The van der Waals surface area contributed by atoms with Gasteiger partial charge in [0.05, 0.1) is 22.1 Å². The monoisotopic (exact) mass is 839 g/mol. The quantitative estimate of drug-likeness (QED) is 0.162. The molecule has 5 heteroatoms. The summed E-state index contributed by atoms with van der Waals surface area (Å²) in [6, 6.07) is 80.7. The molecule has 0 saturated carbocycles. The first-order valence-corrected chi connectivity index (χ1v) is 22.4. The molecule has 0 aliphatic heterocycles. The molecule has 3 aromatic heterocycles. The van der Waals surface area contributed by atoms with E-state index in [4.69, 9.17) is 15.0 Å². The maximum atomic E-state index is 5.28. The van der Waals surface area contributed by atoms with Gasteiger partial charge in [0.2, 0.25) is 5.95 Å². The normalized spacial score (nSPS) is 11.9. The molecule has 0 aliphatic carbocycles. The van der Waals surface area contributed by atoms with Crippen molar-refractivity contribution in [3.05, 3.63) is 224 Å². The van der Waals surface area contributed by atoms with Gasteiger partial charge in [-0.2, -0.15) is 9.97 Å². The third kappa shape index (κ3) is 5.70. The van der Waals surface area contributed by atoms with Crippen LogP contribution in [-0.4, -0.2) is 24.1 Å². The van der Waals surface area contributed by atoms with Gasteiger partial charge in [0.1, 0.15) is 0 Å². The number of nitrogens with zero attached hydrogens (tertiary/aromatic N) is 5. The Balaban J connectivity index is 0.936. The van der Waals surface area contributed by atoms with Crippen molar-refractivity contribution < 1.29 is 0 Å². The van der Waals surface area contributed by atoms with Gasteiger partial charge < -0.3 is 4.57 Å². The van der Waals surface area contributed by atoms with Gasteiger partial charge >= 0.3 is 0 Å². The summed E-state index contributed by atoms with van der Waals surface area (Å²) in [7, 11) is 0. The van der Waals surface area contributed by atoms with Crippen LogP contribution in [0.4, 0.5) is 0 Å². The molecule has 0 unspecified atom stereocenters. The smallest absolute Gasteiger partial charge is 0.238 e. The Kier molecular flexibility index (Phi) is 7.91. The van der Waals surface area contributed by atoms with Gasteiger partial charge in [-0.3, -0.25) is 4.57 Å². The van der Waals surface area contributed by atoms with Crippen LogP contribution in [0, 0.1) is 0 Å². The Bertz CT molecular complexity index is 4210. The summed E-state index contributed by atoms with van der Waals surface area (Å²) in [5.74, 6) is 1.83. The molecular formula is C61H37N5. The zero-order valence-electron chi connectivity index (χ0n) is 35.6. The van der Waals surface area contributed by atoms with Crippen molar-refractivity contribution >= 4 is 86.7 Å². The van der Waals surface area contributed by atoms with Gasteiger partial charge in [-0.25, -0.2) is 4.98 Å². The van der Waals surface area contributed by atoms with Gasteiger partial charge in [0.25, 0.3) is 0 Å². The minimum absolute atomic E-state index is 0.575. The molecule has 14 aromatic rings. The zero-order chi connectivity index (χ0) is 43.3. The molecule has 0 fully saturated rings. The molecule has 14 rings (SSSR count). The Morgan fingerprint density at radius 2 is 0.667 bits per heavy atom. The van der Waals surface area contributed by atoms with Crippen molar-refractivity contribution in [1.29, 1.82) is 0 Å². The third-order valence-electron chi connectivity index (χ3n) is 13.5. The third-order valence-corrected chi connectivity index (χ3v) is 13.5. The van der Waals surface area contributed by atoms with Crippen LogP contribution in [0.25, 0.3) is 132 Å². The van der Waals surface area contributed by atoms with Gasteiger partial charge in [-0.05, 0) is 115 Å². The molecule has 0 atom stereocenters. The van der Waals surface area contributed by atoms with Gasteiger partial charge in [0, 0.05) is 38.4 Å². The van der Waals surface area contributed by atoms with Gasteiger partial charge in [-0.15, -0.1) is 0 Å². The van der Waals surface area contributed by atoms with E-state index in [1.807, 2.05) is 0 Å². The minimum Gasteiger partial charge on any atom is -0.309 e. The lowest BCUT2D eigenvalue weighted by Gasteiger charge is -2.12. The Morgan fingerprint density at radius 3 is 1.27 bits per heavy atom. The first-order chi connectivity index (χ1) is 32.7. The molecular weight excluding hydrogens is 803 g/mol. The highest BCUT2D eigenvalue weighted by Gasteiger charge is 2.20. The number of rotatable bonds is 5. The highest BCUT2D eigenvalue weighted by molar-refractivity contribution is 6.14. The van der Waals surface area contributed by atoms with Crippen molar-refractivity contribution in [3.8, 4) is 45.5 Å². The van der Waals surface area contributed by atoms with E-state index >= 15 is 0 Å². The molecule has 5 nitrogen and oxygen atoms in total. The van der Waals surface area contributed by atoms with Crippen molar-refractivity contribution in [3.63, 3.8) is 0 Å². The fraction of sp³-hybridized carbons (Fsp3) is 0. The topological polar surface area (TPSA) is 48.5 Å². The van der Waals surface area contributed by atoms with Crippen molar-refractivity contribution in [2.24, 2.45) is 0 Å². The summed E-state index contributed by atoms with van der Waals surface area (Å²) in [4.78, 5) is 15.7. The fourth-order valence-corrected chi connectivity index (χ4v) is 10.3. The summed E-state index contributed by atoms with van der Waals surface area (Å²) < 4.78 is 4.62. The average Bonchev–Trinajstić information content (AvgIpc) is 3.90. The van der Waals surface area contributed by atoms with Crippen LogP contribution in [0.1, 0.15) is 0 Å². The van der Waals surface area contributed by atoms with Crippen LogP contribution in [0.3, 0.4) is 0 Å². The number of benzene rings is 11. The van der Waals surface area contributed by atoms with Crippen LogP contribution in [0.2, 0.25) is 0 Å². The molecule has 0 bridgehead atoms. The number of aromatic nitrogens is 5. The molecule has 306 valence electrons. The van der Waals surface area contributed by atoms with E-state index in [2.05, 4.69) is 234 Å². The first-order valence-electron chi connectivity index (χ1n) is 22.4. The number of hydrogen-bond acceptors (Lipinski definition) is 3. The number of fused-ring (bicyclic) bond motifs is 11. The predicted molar refractivity (Wildman–Crippen MR) is 275 cm³/mol. The average molecular weight is 840 g/mol. The minimum atomic E-state index is 0.575. The van der Waals surface area contributed by atoms with E-state index in [-0.39, 0.29) is 0 Å². The maximum absolute atomic E-state index is 5.28. The second-order valence-corrected chi connectivity index (χ2v) is 17.3. The highest BCUT2D eigenvalue weighted by atomic mass is 15.2. The molecule has 0 saturated heterocycles. The highest BCUT2D eigenvalue weighted by Crippen LogP contribution is 2.39. The van der Waals surface area contributed by atoms with E-state index in [1.54, 1.807) is 0 Å². The molecule has 0 aliphatic rings. The summed E-state index contributed by atoms with van der Waals surface area (Å²) >= 11 is 0. The molecule has 66 heavy (non-hydrogen) atoms. The lowest BCUT2D eigenvalue weighted by molar-refractivity contribution is 0.954. The van der Waals surface area contributed by atoms with E-state index in [0.717, 1.165) is 60.5 Å². The zero-order valence-corrected chi connectivity index (χ0v) is 35.6. The molecule has 3 heterocycles. The molecule has 0 spiro atoms. The lowest BCUT2D eigenvalue weighted by atomic mass is 10.0. The van der Waals surface area contributed by atoms with Crippen LogP contribution in [0.5, 0.6) is 0 Å². The lowest BCUT2D eigenvalue weighted by Crippen LogP contribution is -2.06. The van der Waals surface area contributed by atoms with E-state index in [1.165, 1.54) is 54.1 Å². The van der Waals surface area contributed by atoms with Gasteiger partial charge in [-0.1, -0.05) is 164 Å². The van der Waals surface area contributed by atoms with Crippen LogP contribution >= 0.6 is 0 Å². The van der Waals surface area contributed by atoms with E-state index in [9.17, 15) is 0 Å². The fourth-order valence-electron chi connectivity index (χ4n) is 10.3. The second-order valence-electron chi connectivity index (χ2n) is 17.3. The second kappa shape index (κ2) is 14.3.